The number of carbonyl (C=O) groups is 2. The molecular weight excluding hydrogens is 352 g/mol. The smallest absolute Gasteiger partial charge is 0.260 e. The Kier molecular flexibility index (Phi) is 4.74. The summed E-state index contributed by atoms with van der Waals surface area (Å²) in [6, 6.07) is 17.3. The van der Waals surface area contributed by atoms with E-state index in [1.54, 1.807) is 11.8 Å². The van der Waals surface area contributed by atoms with Crippen molar-refractivity contribution in [3.8, 4) is 5.75 Å². The van der Waals surface area contributed by atoms with E-state index in [0.717, 1.165) is 28.4 Å². The van der Waals surface area contributed by atoms with Crippen molar-refractivity contribution in [2.45, 2.75) is 20.3 Å². The summed E-state index contributed by atoms with van der Waals surface area (Å²) in [6.07, 6.45) is 0.834. The first-order valence-electron chi connectivity index (χ1n) is 9.45. The van der Waals surface area contributed by atoms with Crippen molar-refractivity contribution in [1.29, 1.82) is 0 Å². The average Bonchev–Trinajstić information content (AvgIpc) is 3.11. The van der Waals surface area contributed by atoms with Gasteiger partial charge in [0.2, 0.25) is 5.91 Å². The van der Waals surface area contributed by atoms with Crippen molar-refractivity contribution in [1.82, 2.24) is 0 Å². The van der Waals surface area contributed by atoms with Crippen molar-refractivity contribution >= 4 is 34.0 Å². The summed E-state index contributed by atoms with van der Waals surface area (Å²) in [6.45, 7) is 4.61. The normalized spacial score (nSPS) is 12.7. The Labute approximate surface area is 163 Å². The molecule has 0 radical (unpaired) electrons. The number of hydrogen-bond acceptors (Lipinski definition) is 3. The molecule has 1 aliphatic rings. The highest BCUT2D eigenvalue weighted by Gasteiger charge is 2.23. The van der Waals surface area contributed by atoms with Crippen molar-refractivity contribution in [3.05, 3.63) is 65.7 Å². The second-order valence-corrected chi connectivity index (χ2v) is 6.81. The van der Waals surface area contributed by atoms with E-state index < -0.39 is 0 Å². The summed E-state index contributed by atoms with van der Waals surface area (Å²) >= 11 is 0. The molecule has 0 aliphatic carbocycles. The summed E-state index contributed by atoms with van der Waals surface area (Å²) in [7, 11) is 0. The Morgan fingerprint density at radius 1 is 1.11 bits per heavy atom. The molecule has 0 saturated heterocycles. The number of hydrogen-bond donors (Lipinski definition) is 1. The minimum atomic E-state index is -0.229. The molecule has 0 atom stereocenters. The number of fused-ring (bicyclic) bond motifs is 2. The first kappa shape index (κ1) is 18.0. The quantitative estimate of drug-likeness (QED) is 0.736. The molecule has 0 unspecified atom stereocenters. The zero-order valence-corrected chi connectivity index (χ0v) is 16.0. The van der Waals surface area contributed by atoms with Crippen LogP contribution in [0, 0.1) is 0 Å². The number of nitrogens with one attached hydrogen (secondary N) is 1. The van der Waals surface area contributed by atoms with Crippen LogP contribution in [-0.2, 0) is 11.2 Å². The fourth-order valence-electron chi connectivity index (χ4n) is 3.74. The molecule has 5 nitrogen and oxygen atoms in total. The number of rotatable bonds is 4. The SMILES string of the molecule is CCOc1ccc2ccccc2c1C(=O)Nc1ccc2c(c1)N(C(C)=O)CC2. The molecule has 0 saturated carbocycles. The zero-order valence-electron chi connectivity index (χ0n) is 16.0. The van der Waals surface area contributed by atoms with Gasteiger partial charge in [-0.05, 0) is 47.9 Å². The standard InChI is InChI=1S/C23H22N2O3/c1-3-28-21-11-9-16-6-4-5-7-19(16)22(21)23(27)24-18-10-8-17-12-13-25(15(2)26)20(17)14-18/h4-11,14H,3,12-13H2,1-2H3,(H,24,27). The van der Waals surface area contributed by atoms with Gasteiger partial charge in [-0.25, -0.2) is 0 Å². The van der Waals surface area contributed by atoms with Crippen LogP contribution in [0.1, 0.15) is 29.8 Å². The Hall–Kier alpha value is -3.34. The van der Waals surface area contributed by atoms with Crippen LogP contribution in [0.5, 0.6) is 5.75 Å². The number of ether oxygens (including phenoxy) is 1. The third-order valence-corrected chi connectivity index (χ3v) is 5.04. The highest BCUT2D eigenvalue weighted by molar-refractivity contribution is 6.15. The summed E-state index contributed by atoms with van der Waals surface area (Å²) in [5, 5.41) is 4.81. The minimum Gasteiger partial charge on any atom is -0.493 e. The van der Waals surface area contributed by atoms with Crippen LogP contribution < -0.4 is 15.0 Å². The van der Waals surface area contributed by atoms with Gasteiger partial charge in [0.25, 0.3) is 5.91 Å². The van der Waals surface area contributed by atoms with Crippen LogP contribution in [0.25, 0.3) is 10.8 Å². The highest BCUT2D eigenvalue weighted by Crippen LogP contribution is 2.33. The lowest BCUT2D eigenvalue weighted by atomic mass is 10.0. The second kappa shape index (κ2) is 7.35. The lowest BCUT2D eigenvalue weighted by molar-refractivity contribution is -0.116. The Morgan fingerprint density at radius 3 is 2.71 bits per heavy atom. The second-order valence-electron chi connectivity index (χ2n) is 6.81. The molecule has 3 aromatic rings. The third kappa shape index (κ3) is 3.20. The Bertz CT molecular complexity index is 1070. The molecule has 3 aromatic carbocycles. The lowest BCUT2D eigenvalue weighted by Gasteiger charge is -2.17. The monoisotopic (exact) mass is 374 g/mol. The zero-order chi connectivity index (χ0) is 19.7. The summed E-state index contributed by atoms with van der Waals surface area (Å²) < 4.78 is 5.71. The number of anilines is 2. The van der Waals surface area contributed by atoms with E-state index in [2.05, 4.69) is 5.32 Å². The lowest BCUT2D eigenvalue weighted by Crippen LogP contribution is -2.25. The molecule has 2 amide bonds. The van der Waals surface area contributed by atoms with E-state index in [9.17, 15) is 9.59 Å². The van der Waals surface area contributed by atoms with Gasteiger partial charge in [-0.2, -0.15) is 0 Å². The molecule has 0 fully saturated rings. The first-order chi connectivity index (χ1) is 13.6. The van der Waals surface area contributed by atoms with E-state index >= 15 is 0 Å². The van der Waals surface area contributed by atoms with E-state index in [1.165, 1.54) is 0 Å². The Balaban J connectivity index is 1.71. The summed E-state index contributed by atoms with van der Waals surface area (Å²) in [4.78, 5) is 26.8. The molecule has 0 spiro atoms. The van der Waals surface area contributed by atoms with Crippen molar-refractivity contribution < 1.29 is 14.3 Å². The van der Waals surface area contributed by atoms with Crippen LogP contribution in [0.15, 0.2) is 54.6 Å². The van der Waals surface area contributed by atoms with Crippen molar-refractivity contribution in [2.24, 2.45) is 0 Å². The van der Waals surface area contributed by atoms with Gasteiger partial charge >= 0.3 is 0 Å². The molecule has 1 aliphatic heterocycles. The largest absolute Gasteiger partial charge is 0.493 e. The van der Waals surface area contributed by atoms with E-state index in [1.807, 2.05) is 61.5 Å². The molecular formula is C23H22N2O3. The van der Waals surface area contributed by atoms with Gasteiger partial charge in [0.05, 0.1) is 12.2 Å². The summed E-state index contributed by atoms with van der Waals surface area (Å²) in [5.74, 6) is 0.340. The molecule has 1 N–H and O–H groups in total. The van der Waals surface area contributed by atoms with Crippen LogP contribution in [0.2, 0.25) is 0 Å². The Morgan fingerprint density at radius 2 is 1.93 bits per heavy atom. The predicted molar refractivity (Wildman–Crippen MR) is 111 cm³/mol. The van der Waals surface area contributed by atoms with Crippen LogP contribution in [0.3, 0.4) is 0 Å². The van der Waals surface area contributed by atoms with Gasteiger partial charge in [0, 0.05) is 24.8 Å². The molecule has 28 heavy (non-hydrogen) atoms. The highest BCUT2D eigenvalue weighted by atomic mass is 16.5. The number of carbonyl (C=O) groups excluding carboxylic acids is 2. The molecule has 1 heterocycles. The topological polar surface area (TPSA) is 58.6 Å². The van der Waals surface area contributed by atoms with E-state index in [-0.39, 0.29) is 11.8 Å². The van der Waals surface area contributed by atoms with E-state index in [0.29, 0.717) is 30.2 Å². The van der Waals surface area contributed by atoms with Gasteiger partial charge < -0.3 is 15.0 Å². The number of amides is 2. The van der Waals surface area contributed by atoms with Crippen LogP contribution >= 0.6 is 0 Å². The molecule has 5 heteroatoms. The van der Waals surface area contributed by atoms with Crippen LogP contribution in [-0.4, -0.2) is 25.0 Å². The predicted octanol–water partition coefficient (Wildman–Crippen LogP) is 4.40. The molecule has 4 rings (SSSR count). The fourth-order valence-corrected chi connectivity index (χ4v) is 3.74. The van der Waals surface area contributed by atoms with Crippen LogP contribution in [0.4, 0.5) is 11.4 Å². The van der Waals surface area contributed by atoms with Crippen molar-refractivity contribution in [3.63, 3.8) is 0 Å². The maximum absolute atomic E-state index is 13.2. The third-order valence-electron chi connectivity index (χ3n) is 5.04. The molecule has 0 aromatic heterocycles. The fraction of sp³-hybridized carbons (Fsp3) is 0.217. The van der Waals surface area contributed by atoms with E-state index in [4.69, 9.17) is 4.74 Å². The van der Waals surface area contributed by atoms with Gasteiger partial charge in [0.15, 0.2) is 0 Å². The van der Waals surface area contributed by atoms with Gasteiger partial charge in [-0.15, -0.1) is 0 Å². The first-order valence-corrected chi connectivity index (χ1v) is 9.45. The van der Waals surface area contributed by atoms with Gasteiger partial charge in [-0.1, -0.05) is 36.4 Å². The minimum absolute atomic E-state index is 0.00918. The summed E-state index contributed by atoms with van der Waals surface area (Å²) in [5.41, 5.74) is 3.16. The average molecular weight is 374 g/mol. The number of benzene rings is 3. The molecule has 142 valence electrons. The maximum Gasteiger partial charge on any atom is 0.260 e. The maximum atomic E-state index is 13.2. The number of nitrogens with zero attached hydrogens (tertiary/aromatic N) is 1. The molecule has 0 bridgehead atoms. The van der Waals surface area contributed by atoms with Gasteiger partial charge in [0.1, 0.15) is 5.75 Å². The van der Waals surface area contributed by atoms with Crippen molar-refractivity contribution in [2.75, 3.05) is 23.4 Å². The van der Waals surface area contributed by atoms with Gasteiger partial charge in [-0.3, -0.25) is 9.59 Å².